The minimum atomic E-state index is -0.165. The molecule has 7 heteroatoms. The van der Waals surface area contributed by atoms with Gasteiger partial charge >= 0.3 is 0 Å². The number of rotatable bonds is 4. The van der Waals surface area contributed by atoms with Crippen LogP contribution in [0.3, 0.4) is 0 Å². The standard InChI is InChI=1S/C16H17N5OS/c1-12-5-7-14(8-6-12)17-15(22)11-20-16(23)21(13(2)18-20)19-9-3-4-10-19/h3-10H,11H2,1-2H3,(H,17,22). The summed E-state index contributed by atoms with van der Waals surface area (Å²) in [6, 6.07) is 11.5. The molecule has 1 aromatic carbocycles. The molecule has 0 bridgehead atoms. The highest BCUT2D eigenvalue weighted by molar-refractivity contribution is 7.71. The number of aryl methyl sites for hydroxylation is 2. The van der Waals surface area contributed by atoms with Gasteiger partial charge in [0.2, 0.25) is 10.7 Å². The van der Waals surface area contributed by atoms with Crippen molar-refractivity contribution in [3.8, 4) is 0 Å². The largest absolute Gasteiger partial charge is 0.324 e. The maximum absolute atomic E-state index is 12.2. The van der Waals surface area contributed by atoms with Gasteiger partial charge in [-0.2, -0.15) is 5.10 Å². The number of nitrogens with one attached hydrogen (secondary N) is 1. The van der Waals surface area contributed by atoms with Crippen molar-refractivity contribution >= 4 is 23.8 Å². The second-order valence-electron chi connectivity index (χ2n) is 5.28. The molecular formula is C16H17N5OS. The van der Waals surface area contributed by atoms with Crippen LogP contribution in [0, 0.1) is 18.6 Å². The number of carbonyl (C=O) groups is 1. The summed E-state index contributed by atoms with van der Waals surface area (Å²) in [5.41, 5.74) is 1.90. The summed E-state index contributed by atoms with van der Waals surface area (Å²) in [6.07, 6.45) is 3.75. The van der Waals surface area contributed by atoms with Crippen LogP contribution in [-0.4, -0.2) is 25.0 Å². The van der Waals surface area contributed by atoms with Crippen molar-refractivity contribution in [1.29, 1.82) is 0 Å². The van der Waals surface area contributed by atoms with E-state index >= 15 is 0 Å². The van der Waals surface area contributed by atoms with Crippen molar-refractivity contribution in [3.05, 3.63) is 65.0 Å². The summed E-state index contributed by atoms with van der Waals surface area (Å²) in [5.74, 6) is 0.552. The Bertz CT molecular complexity index is 874. The fourth-order valence-electron chi connectivity index (χ4n) is 2.31. The molecule has 2 aromatic heterocycles. The highest BCUT2D eigenvalue weighted by Gasteiger charge is 2.11. The number of hydrogen-bond acceptors (Lipinski definition) is 3. The highest BCUT2D eigenvalue weighted by Crippen LogP contribution is 2.09. The van der Waals surface area contributed by atoms with Gasteiger partial charge in [0.05, 0.1) is 0 Å². The van der Waals surface area contributed by atoms with E-state index < -0.39 is 0 Å². The zero-order valence-electron chi connectivity index (χ0n) is 12.9. The van der Waals surface area contributed by atoms with Gasteiger partial charge in [-0.1, -0.05) is 17.7 Å². The van der Waals surface area contributed by atoms with Crippen LogP contribution < -0.4 is 5.32 Å². The Labute approximate surface area is 139 Å². The van der Waals surface area contributed by atoms with Gasteiger partial charge in [-0.05, 0) is 50.3 Å². The number of carbonyl (C=O) groups excluding carboxylic acids is 1. The number of nitrogens with zero attached hydrogens (tertiary/aromatic N) is 4. The average molecular weight is 327 g/mol. The van der Waals surface area contributed by atoms with Gasteiger partial charge in [0, 0.05) is 18.1 Å². The number of amides is 1. The quantitative estimate of drug-likeness (QED) is 0.750. The fraction of sp³-hybridized carbons (Fsp3) is 0.188. The molecule has 6 nitrogen and oxygen atoms in total. The van der Waals surface area contributed by atoms with Crippen LogP contribution in [0.25, 0.3) is 0 Å². The Morgan fingerprint density at radius 3 is 2.48 bits per heavy atom. The topological polar surface area (TPSA) is 56.8 Å². The van der Waals surface area contributed by atoms with Gasteiger partial charge in [0.25, 0.3) is 0 Å². The van der Waals surface area contributed by atoms with Gasteiger partial charge in [0.15, 0.2) is 0 Å². The Morgan fingerprint density at radius 1 is 1.17 bits per heavy atom. The number of benzene rings is 1. The number of hydrogen-bond donors (Lipinski definition) is 1. The summed E-state index contributed by atoms with van der Waals surface area (Å²) < 4.78 is 5.60. The molecule has 0 saturated heterocycles. The van der Waals surface area contributed by atoms with Crippen LogP contribution in [0.4, 0.5) is 5.69 Å². The smallest absolute Gasteiger partial charge is 0.246 e. The molecule has 0 spiro atoms. The zero-order valence-corrected chi connectivity index (χ0v) is 13.7. The predicted octanol–water partition coefficient (Wildman–Crippen LogP) is 2.78. The van der Waals surface area contributed by atoms with Crippen molar-refractivity contribution in [3.63, 3.8) is 0 Å². The Hall–Kier alpha value is -2.67. The van der Waals surface area contributed by atoms with Crippen molar-refractivity contribution in [2.75, 3.05) is 5.32 Å². The molecule has 1 N–H and O–H groups in total. The molecule has 2 heterocycles. The van der Waals surface area contributed by atoms with E-state index in [1.54, 1.807) is 4.68 Å². The van der Waals surface area contributed by atoms with Crippen LogP contribution in [0.1, 0.15) is 11.4 Å². The van der Waals surface area contributed by atoms with Crippen molar-refractivity contribution in [2.45, 2.75) is 20.4 Å². The Kier molecular flexibility index (Phi) is 4.12. The van der Waals surface area contributed by atoms with E-state index in [9.17, 15) is 4.79 Å². The Balaban J connectivity index is 1.78. The zero-order chi connectivity index (χ0) is 16.4. The lowest BCUT2D eigenvalue weighted by molar-refractivity contribution is -0.116. The lowest BCUT2D eigenvalue weighted by atomic mass is 10.2. The molecule has 0 radical (unpaired) electrons. The van der Waals surface area contributed by atoms with Crippen LogP contribution in [-0.2, 0) is 11.3 Å². The predicted molar refractivity (Wildman–Crippen MR) is 90.8 cm³/mol. The van der Waals surface area contributed by atoms with Crippen molar-refractivity contribution in [2.24, 2.45) is 0 Å². The van der Waals surface area contributed by atoms with Gasteiger partial charge in [0.1, 0.15) is 12.4 Å². The van der Waals surface area contributed by atoms with E-state index in [1.807, 2.05) is 67.3 Å². The molecule has 0 unspecified atom stereocenters. The van der Waals surface area contributed by atoms with E-state index in [2.05, 4.69) is 10.4 Å². The average Bonchev–Trinajstić information content (AvgIpc) is 3.11. The summed E-state index contributed by atoms with van der Waals surface area (Å²) in [5, 5.41) is 7.20. The summed E-state index contributed by atoms with van der Waals surface area (Å²) in [6.45, 7) is 3.92. The summed E-state index contributed by atoms with van der Waals surface area (Å²) in [7, 11) is 0. The lowest BCUT2D eigenvalue weighted by Crippen LogP contribution is -2.20. The lowest BCUT2D eigenvalue weighted by Gasteiger charge is -2.06. The van der Waals surface area contributed by atoms with E-state index in [0.29, 0.717) is 10.6 Å². The fourth-order valence-corrected chi connectivity index (χ4v) is 2.64. The van der Waals surface area contributed by atoms with E-state index in [-0.39, 0.29) is 12.5 Å². The molecule has 1 amide bonds. The van der Waals surface area contributed by atoms with E-state index in [0.717, 1.165) is 11.3 Å². The monoisotopic (exact) mass is 327 g/mol. The minimum Gasteiger partial charge on any atom is -0.324 e. The first-order valence-corrected chi connectivity index (χ1v) is 7.62. The number of anilines is 1. The van der Waals surface area contributed by atoms with Gasteiger partial charge in [-0.3, -0.25) is 9.47 Å². The molecule has 0 atom stereocenters. The molecule has 3 rings (SSSR count). The molecular weight excluding hydrogens is 310 g/mol. The molecule has 0 aliphatic rings. The second kappa shape index (κ2) is 6.21. The maximum atomic E-state index is 12.2. The third kappa shape index (κ3) is 3.24. The van der Waals surface area contributed by atoms with Crippen LogP contribution >= 0.6 is 12.2 Å². The highest BCUT2D eigenvalue weighted by atomic mass is 32.1. The first-order valence-electron chi connectivity index (χ1n) is 7.21. The second-order valence-corrected chi connectivity index (χ2v) is 5.64. The molecule has 0 saturated carbocycles. The molecule has 118 valence electrons. The van der Waals surface area contributed by atoms with Crippen molar-refractivity contribution in [1.82, 2.24) is 19.1 Å². The minimum absolute atomic E-state index is 0.0712. The van der Waals surface area contributed by atoms with Gasteiger partial charge < -0.3 is 5.32 Å². The van der Waals surface area contributed by atoms with Crippen LogP contribution in [0.15, 0.2) is 48.8 Å². The van der Waals surface area contributed by atoms with Crippen molar-refractivity contribution < 1.29 is 4.79 Å². The number of aromatic nitrogens is 4. The molecule has 23 heavy (non-hydrogen) atoms. The third-order valence-corrected chi connectivity index (χ3v) is 3.81. The first kappa shape index (κ1) is 15.2. The third-order valence-electron chi connectivity index (χ3n) is 3.42. The van der Waals surface area contributed by atoms with E-state index in [1.165, 1.54) is 4.68 Å². The molecule has 0 fully saturated rings. The first-order chi connectivity index (χ1) is 11.0. The van der Waals surface area contributed by atoms with E-state index in [4.69, 9.17) is 12.2 Å². The molecule has 0 aliphatic carbocycles. The summed E-state index contributed by atoms with van der Waals surface area (Å²) in [4.78, 5) is 12.2. The van der Waals surface area contributed by atoms with Crippen LogP contribution in [0.5, 0.6) is 0 Å². The normalized spacial score (nSPS) is 10.7. The SMILES string of the molecule is Cc1ccc(NC(=O)Cn2nc(C)n(-n3cccc3)c2=S)cc1. The Morgan fingerprint density at radius 2 is 1.83 bits per heavy atom. The summed E-state index contributed by atoms with van der Waals surface area (Å²) >= 11 is 5.42. The van der Waals surface area contributed by atoms with Gasteiger partial charge in [-0.25, -0.2) is 9.36 Å². The maximum Gasteiger partial charge on any atom is 0.246 e. The van der Waals surface area contributed by atoms with Crippen LogP contribution in [0.2, 0.25) is 0 Å². The molecule has 0 aliphatic heterocycles. The van der Waals surface area contributed by atoms with Gasteiger partial charge in [-0.15, -0.1) is 0 Å². The molecule has 3 aromatic rings.